The molecule has 0 amide bonds. The summed E-state index contributed by atoms with van der Waals surface area (Å²) in [5, 5.41) is 0. The van der Waals surface area contributed by atoms with Gasteiger partial charge in [0.25, 0.3) is 0 Å². The first kappa shape index (κ1) is 17.5. The smallest absolute Gasteiger partial charge is 0.159 e. The first-order chi connectivity index (χ1) is 12.1. The Labute approximate surface area is 151 Å². The Morgan fingerprint density at radius 2 is 1.28 bits per heavy atom. The predicted octanol–water partition coefficient (Wildman–Crippen LogP) is 7.09. The van der Waals surface area contributed by atoms with Crippen molar-refractivity contribution >= 4 is 0 Å². The van der Waals surface area contributed by atoms with Crippen LogP contribution < -0.4 is 0 Å². The monoisotopic (exact) mass is 346 g/mol. The van der Waals surface area contributed by atoms with Gasteiger partial charge >= 0.3 is 0 Å². The molecule has 3 aliphatic carbocycles. The summed E-state index contributed by atoms with van der Waals surface area (Å²) in [4.78, 5) is 0. The van der Waals surface area contributed by atoms with E-state index in [1.807, 2.05) is 0 Å². The molecule has 1 aromatic rings. The first-order valence-corrected chi connectivity index (χ1v) is 10.5. The van der Waals surface area contributed by atoms with E-state index in [0.717, 1.165) is 41.6 Å². The highest BCUT2D eigenvalue weighted by molar-refractivity contribution is 5.22. The Bertz CT molecular complexity index is 588. The molecule has 0 radical (unpaired) electrons. The molecule has 0 bridgehead atoms. The van der Waals surface area contributed by atoms with E-state index in [1.54, 1.807) is 6.07 Å². The van der Waals surface area contributed by atoms with Crippen LogP contribution in [0.15, 0.2) is 18.2 Å². The molecule has 138 valence electrons. The second-order valence-electron chi connectivity index (χ2n) is 9.30. The number of benzene rings is 1. The number of halogens is 2. The Morgan fingerprint density at radius 3 is 2.00 bits per heavy atom. The molecule has 4 rings (SSSR count). The van der Waals surface area contributed by atoms with E-state index in [2.05, 4.69) is 6.92 Å². The normalized spacial score (nSPS) is 39.0. The highest BCUT2D eigenvalue weighted by Gasteiger charge is 2.38. The van der Waals surface area contributed by atoms with E-state index < -0.39 is 11.6 Å². The molecule has 2 heteroatoms. The average molecular weight is 347 g/mol. The summed E-state index contributed by atoms with van der Waals surface area (Å²) < 4.78 is 26.8. The summed E-state index contributed by atoms with van der Waals surface area (Å²) in [6, 6.07) is 4.55. The van der Waals surface area contributed by atoms with Crippen molar-refractivity contribution in [3.05, 3.63) is 35.4 Å². The van der Waals surface area contributed by atoms with Crippen LogP contribution >= 0.6 is 0 Å². The zero-order valence-electron chi connectivity index (χ0n) is 15.5. The van der Waals surface area contributed by atoms with Gasteiger partial charge in [0, 0.05) is 0 Å². The van der Waals surface area contributed by atoms with Gasteiger partial charge in [-0.2, -0.15) is 0 Å². The highest BCUT2D eigenvalue weighted by atomic mass is 19.2. The summed E-state index contributed by atoms with van der Waals surface area (Å²) in [6.07, 6.45) is 13.6. The zero-order chi connectivity index (χ0) is 17.4. The fourth-order valence-corrected chi connectivity index (χ4v) is 6.18. The van der Waals surface area contributed by atoms with Crippen LogP contribution in [0.5, 0.6) is 0 Å². The van der Waals surface area contributed by atoms with Crippen molar-refractivity contribution in [2.75, 3.05) is 0 Å². The third-order valence-electron chi connectivity index (χ3n) is 7.80. The van der Waals surface area contributed by atoms with Gasteiger partial charge in [-0.05, 0) is 105 Å². The van der Waals surface area contributed by atoms with Crippen molar-refractivity contribution in [1.29, 1.82) is 0 Å². The quantitative estimate of drug-likeness (QED) is 0.536. The van der Waals surface area contributed by atoms with Gasteiger partial charge in [-0.15, -0.1) is 0 Å². The van der Waals surface area contributed by atoms with Gasteiger partial charge < -0.3 is 0 Å². The molecule has 0 N–H and O–H groups in total. The Morgan fingerprint density at radius 1 is 0.680 bits per heavy atom. The average Bonchev–Trinajstić information content (AvgIpc) is 2.64. The minimum atomic E-state index is -0.722. The molecule has 4 atom stereocenters. The number of rotatable bonds is 2. The van der Waals surface area contributed by atoms with Gasteiger partial charge in [0.15, 0.2) is 11.6 Å². The van der Waals surface area contributed by atoms with Gasteiger partial charge in [0.2, 0.25) is 0 Å². The molecular formula is C23H32F2. The second kappa shape index (κ2) is 7.37. The Balaban J connectivity index is 1.36. The van der Waals surface area contributed by atoms with Crippen LogP contribution in [0.3, 0.4) is 0 Å². The van der Waals surface area contributed by atoms with E-state index in [1.165, 1.54) is 69.9 Å². The molecule has 1 aromatic carbocycles. The second-order valence-corrected chi connectivity index (χ2v) is 9.30. The summed E-state index contributed by atoms with van der Waals surface area (Å²) in [7, 11) is 0. The molecule has 25 heavy (non-hydrogen) atoms. The molecule has 0 nitrogen and oxygen atoms in total. The van der Waals surface area contributed by atoms with Crippen molar-refractivity contribution in [1.82, 2.24) is 0 Å². The maximum Gasteiger partial charge on any atom is 0.159 e. The van der Waals surface area contributed by atoms with Crippen LogP contribution in [0.1, 0.15) is 82.6 Å². The lowest BCUT2D eigenvalue weighted by Crippen LogP contribution is -2.34. The van der Waals surface area contributed by atoms with Crippen molar-refractivity contribution in [3.63, 3.8) is 0 Å². The van der Waals surface area contributed by atoms with Crippen molar-refractivity contribution in [2.24, 2.45) is 29.6 Å². The molecule has 0 heterocycles. The minimum absolute atomic E-state index is 0.434. The van der Waals surface area contributed by atoms with Crippen molar-refractivity contribution in [2.45, 2.75) is 77.0 Å². The number of hydrogen-bond donors (Lipinski definition) is 0. The van der Waals surface area contributed by atoms with Crippen LogP contribution in [-0.2, 0) is 0 Å². The summed E-state index contributed by atoms with van der Waals surface area (Å²) in [5.74, 6) is 3.62. The lowest BCUT2D eigenvalue weighted by atomic mass is 9.60. The van der Waals surface area contributed by atoms with Crippen molar-refractivity contribution in [3.8, 4) is 0 Å². The van der Waals surface area contributed by atoms with Crippen LogP contribution in [0, 0.1) is 41.2 Å². The van der Waals surface area contributed by atoms with Gasteiger partial charge in [0.1, 0.15) is 0 Å². The third kappa shape index (κ3) is 3.78. The van der Waals surface area contributed by atoms with Gasteiger partial charge in [-0.3, -0.25) is 0 Å². The van der Waals surface area contributed by atoms with E-state index in [4.69, 9.17) is 0 Å². The fraction of sp³-hybridized carbons (Fsp3) is 0.739. The lowest BCUT2D eigenvalue weighted by molar-refractivity contribution is 0.0731. The molecule has 0 aromatic heterocycles. The maximum atomic E-state index is 13.6. The largest absolute Gasteiger partial charge is 0.204 e. The van der Waals surface area contributed by atoms with Crippen LogP contribution in [0.4, 0.5) is 8.78 Å². The van der Waals surface area contributed by atoms with E-state index in [0.29, 0.717) is 5.92 Å². The van der Waals surface area contributed by atoms with Crippen molar-refractivity contribution < 1.29 is 8.78 Å². The lowest BCUT2D eigenvalue weighted by Gasteiger charge is -2.45. The van der Waals surface area contributed by atoms with Crippen LogP contribution in [0.2, 0.25) is 0 Å². The maximum absolute atomic E-state index is 13.6. The number of fused-ring (bicyclic) bond motifs is 1. The SMILES string of the molecule is CC1CCC(C2CCC3CC(c4ccc(F)c(F)c4)CCC3C2)CC1. The predicted molar refractivity (Wildman–Crippen MR) is 98.4 cm³/mol. The number of hydrogen-bond acceptors (Lipinski definition) is 0. The highest BCUT2D eigenvalue weighted by Crippen LogP contribution is 2.50. The van der Waals surface area contributed by atoms with Gasteiger partial charge in [0.05, 0.1) is 0 Å². The molecule has 0 aliphatic heterocycles. The molecule has 0 saturated heterocycles. The summed E-state index contributed by atoms with van der Waals surface area (Å²) in [5.41, 5.74) is 1.01. The molecule has 0 spiro atoms. The van der Waals surface area contributed by atoms with E-state index >= 15 is 0 Å². The molecule has 3 aliphatic rings. The Hall–Kier alpha value is -0.920. The fourth-order valence-electron chi connectivity index (χ4n) is 6.18. The van der Waals surface area contributed by atoms with Crippen LogP contribution in [-0.4, -0.2) is 0 Å². The standard InChI is InChI=1S/C23H32F2/c1-15-2-4-16(5-3-15)17-6-7-19-13-20(9-8-18(19)12-17)21-10-11-22(24)23(25)14-21/h10-11,14-20H,2-9,12-13H2,1H3. The molecular weight excluding hydrogens is 314 g/mol. The topological polar surface area (TPSA) is 0 Å². The molecule has 3 saturated carbocycles. The Kier molecular flexibility index (Phi) is 5.15. The zero-order valence-corrected chi connectivity index (χ0v) is 15.5. The van der Waals surface area contributed by atoms with E-state index in [9.17, 15) is 8.78 Å². The van der Waals surface area contributed by atoms with Gasteiger partial charge in [-0.1, -0.05) is 25.8 Å². The third-order valence-corrected chi connectivity index (χ3v) is 7.80. The molecule has 3 fully saturated rings. The van der Waals surface area contributed by atoms with E-state index in [-0.39, 0.29) is 0 Å². The molecule has 4 unspecified atom stereocenters. The summed E-state index contributed by atoms with van der Waals surface area (Å²) in [6.45, 7) is 2.41. The van der Waals surface area contributed by atoms with Crippen LogP contribution in [0.25, 0.3) is 0 Å². The first-order valence-electron chi connectivity index (χ1n) is 10.5. The summed E-state index contributed by atoms with van der Waals surface area (Å²) >= 11 is 0. The minimum Gasteiger partial charge on any atom is -0.204 e. The van der Waals surface area contributed by atoms with Gasteiger partial charge in [-0.25, -0.2) is 8.78 Å².